The third kappa shape index (κ3) is 3.79. The molecule has 6 nitrogen and oxygen atoms in total. The fourth-order valence-corrected chi connectivity index (χ4v) is 3.17. The lowest BCUT2D eigenvalue weighted by atomic mass is 9.73. The zero-order valence-electron chi connectivity index (χ0n) is 14.7. The van der Waals surface area contributed by atoms with Gasteiger partial charge < -0.3 is 15.0 Å². The molecule has 132 valence electrons. The molecule has 3 rings (SSSR count). The number of hydrogen-bond donors (Lipinski definition) is 1. The minimum atomic E-state index is -0.543. The molecule has 0 bridgehead atoms. The van der Waals surface area contributed by atoms with Crippen LogP contribution in [0.1, 0.15) is 24.2 Å². The molecule has 0 atom stereocenters. The van der Waals surface area contributed by atoms with Gasteiger partial charge in [0, 0.05) is 33.5 Å². The van der Waals surface area contributed by atoms with Crippen LogP contribution in [0.2, 0.25) is 0 Å². The standard InChI is InChI=1S/C19H24N4O2/c1-23(2)17-8-11-20-16(22-17)14-21-18(24)19(9-12-25-13-10-19)15-6-4-3-5-7-15/h3-8,11H,9-10,12-14H2,1-2H3,(H,21,24). The van der Waals surface area contributed by atoms with Crippen molar-refractivity contribution in [3.05, 3.63) is 54.0 Å². The van der Waals surface area contributed by atoms with Gasteiger partial charge in [0.05, 0.1) is 12.0 Å². The van der Waals surface area contributed by atoms with Crippen molar-refractivity contribution in [1.82, 2.24) is 15.3 Å². The Bertz CT molecular complexity index is 712. The maximum absolute atomic E-state index is 13.1. The van der Waals surface area contributed by atoms with Crippen LogP contribution in [0.25, 0.3) is 0 Å². The number of carbonyl (C=O) groups is 1. The number of benzene rings is 1. The Labute approximate surface area is 148 Å². The van der Waals surface area contributed by atoms with E-state index in [4.69, 9.17) is 4.74 Å². The number of hydrogen-bond acceptors (Lipinski definition) is 5. The molecule has 1 saturated heterocycles. The summed E-state index contributed by atoms with van der Waals surface area (Å²) in [6.45, 7) is 1.50. The number of carbonyl (C=O) groups excluding carboxylic acids is 1. The molecule has 0 aliphatic carbocycles. The van der Waals surface area contributed by atoms with Crippen LogP contribution in [0.15, 0.2) is 42.6 Å². The van der Waals surface area contributed by atoms with E-state index in [-0.39, 0.29) is 5.91 Å². The van der Waals surface area contributed by atoms with Crippen molar-refractivity contribution in [1.29, 1.82) is 0 Å². The average Bonchev–Trinajstić information content (AvgIpc) is 2.67. The third-order valence-corrected chi connectivity index (χ3v) is 4.66. The van der Waals surface area contributed by atoms with Crippen molar-refractivity contribution in [2.45, 2.75) is 24.8 Å². The van der Waals surface area contributed by atoms with E-state index in [1.165, 1.54) is 0 Å². The summed E-state index contributed by atoms with van der Waals surface area (Å²) in [7, 11) is 3.86. The van der Waals surface area contributed by atoms with Gasteiger partial charge in [-0.15, -0.1) is 0 Å². The lowest BCUT2D eigenvalue weighted by Gasteiger charge is -2.36. The van der Waals surface area contributed by atoms with Gasteiger partial charge in [0.2, 0.25) is 5.91 Å². The van der Waals surface area contributed by atoms with E-state index in [0.29, 0.717) is 38.4 Å². The summed E-state index contributed by atoms with van der Waals surface area (Å²) in [6, 6.07) is 11.8. The van der Waals surface area contributed by atoms with Gasteiger partial charge >= 0.3 is 0 Å². The van der Waals surface area contributed by atoms with Gasteiger partial charge in [0.1, 0.15) is 11.6 Å². The molecule has 2 heterocycles. The predicted octanol–water partition coefficient (Wildman–Crippen LogP) is 1.91. The van der Waals surface area contributed by atoms with Crippen molar-refractivity contribution in [2.75, 3.05) is 32.2 Å². The number of anilines is 1. The van der Waals surface area contributed by atoms with Gasteiger partial charge in [-0.3, -0.25) is 4.79 Å². The first-order valence-corrected chi connectivity index (χ1v) is 8.53. The predicted molar refractivity (Wildman–Crippen MR) is 96.4 cm³/mol. The molecule has 6 heteroatoms. The number of rotatable bonds is 5. The zero-order chi connectivity index (χ0) is 17.7. The van der Waals surface area contributed by atoms with Crippen molar-refractivity contribution >= 4 is 11.7 Å². The van der Waals surface area contributed by atoms with E-state index in [0.717, 1.165) is 11.4 Å². The third-order valence-electron chi connectivity index (χ3n) is 4.66. The van der Waals surface area contributed by atoms with Crippen molar-refractivity contribution in [2.24, 2.45) is 0 Å². The molecule has 0 radical (unpaired) electrons. The smallest absolute Gasteiger partial charge is 0.231 e. The minimum Gasteiger partial charge on any atom is -0.381 e. The second-order valence-electron chi connectivity index (χ2n) is 6.47. The Morgan fingerprint density at radius 3 is 2.60 bits per heavy atom. The van der Waals surface area contributed by atoms with E-state index >= 15 is 0 Å². The highest BCUT2D eigenvalue weighted by Gasteiger charge is 2.41. The van der Waals surface area contributed by atoms with Crippen LogP contribution in [0.3, 0.4) is 0 Å². The molecule has 1 amide bonds. The molecule has 1 N–H and O–H groups in total. The Morgan fingerprint density at radius 1 is 1.20 bits per heavy atom. The Balaban J connectivity index is 1.76. The van der Waals surface area contributed by atoms with E-state index in [1.807, 2.05) is 55.4 Å². The van der Waals surface area contributed by atoms with Gasteiger partial charge in [-0.05, 0) is 24.5 Å². The van der Waals surface area contributed by atoms with E-state index < -0.39 is 5.41 Å². The van der Waals surface area contributed by atoms with E-state index in [2.05, 4.69) is 15.3 Å². The Morgan fingerprint density at radius 2 is 1.92 bits per heavy atom. The molecule has 1 fully saturated rings. The summed E-state index contributed by atoms with van der Waals surface area (Å²) in [5.41, 5.74) is 0.498. The van der Waals surface area contributed by atoms with Crippen LogP contribution in [-0.4, -0.2) is 43.2 Å². The van der Waals surface area contributed by atoms with Gasteiger partial charge in [-0.2, -0.15) is 0 Å². The molecule has 1 aromatic carbocycles. The van der Waals surface area contributed by atoms with E-state index in [9.17, 15) is 4.79 Å². The molecule has 1 aliphatic heterocycles. The molecule has 25 heavy (non-hydrogen) atoms. The largest absolute Gasteiger partial charge is 0.381 e. The molecule has 0 unspecified atom stereocenters. The molecule has 0 saturated carbocycles. The van der Waals surface area contributed by atoms with Crippen LogP contribution < -0.4 is 10.2 Å². The van der Waals surface area contributed by atoms with E-state index in [1.54, 1.807) is 6.20 Å². The van der Waals surface area contributed by atoms with Gasteiger partial charge in [0.25, 0.3) is 0 Å². The van der Waals surface area contributed by atoms with Crippen LogP contribution in [-0.2, 0) is 21.5 Å². The second-order valence-corrected chi connectivity index (χ2v) is 6.47. The Kier molecular flexibility index (Phi) is 5.28. The molecule has 1 aliphatic rings. The highest BCUT2D eigenvalue weighted by molar-refractivity contribution is 5.88. The maximum Gasteiger partial charge on any atom is 0.231 e. The summed E-state index contributed by atoms with van der Waals surface area (Å²) in [4.78, 5) is 23.7. The molecular weight excluding hydrogens is 316 g/mol. The topological polar surface area (TPSA) is 67.4 Å². The first-order valence-electron chi connectivity index (χ1n) is 8.53. The summed E-state index contributed by atoms with van der Waals surface area (Å²) in [6.07, 6.45) is 3.08. The lowest BCUT2D eigenvalue weighted by molar-refractivity contribution is -0.130. The summed E-state index contributed by atoms with van der Waals surface area (Å²) >= 11 is 0. The molecular formula is C19H24N4O2. The van der Waals surface area contributed by atoms with Crippen LogP contribution in [0.4, 0.5) is 5.82 Å². The average molecular weight is 340 g/mol. The number of ether oxygens (including phenoxy) is 1. The molecule has 1 aromatic heterocycles. The number of nitrogens with zero attached hydrogens (tertiary/aromatic N) is 3. The highest BCUT2D eigenvalue weighted by Crippen LogP contribution is 2.35. The van der Waals surface area contributed by atoms with Crippen molar-refractivity contribution in [3.63, 3.8) is 0 Å². The first kappa shape index (κ1) is 17.4. The quantitative estimate of drug-likeness (QED) is 0.900. The normalized spacial score (nSPS) is 16.2. The number of nitrogens with one attached hydrogen (secondary N) is 1. The summed E-state index contributed by atoms with van der Waals surface area (Å²) in [5, 5.41) is 3.04. The summed E-state index contributed by atoms with van der Waals surface area (Å²) < 4.78 is 5.49. The number of amides is 1. The minimum absolute atomic E-state index is 0.0147. The first-order chi connectivity index (χ1) is 12.1. The monoisotopic (exact) mass is 340 g/mol. The van der Waals surface area contributed by atoms with Crippen molar-refractivity contribution < 1.29 is 9.53 Å². The van der Waals surface area contributed by atoms with Crippen LogP contribution in [0.5, 0.6) is 0 Å². The number of aromatic nitrogens is 2. The summed E-state index contributed by atoms with van der Waals surface area (Å²) in [5.74, 6) is 1.44. The van der Waals surface area contributed by atoms with Gasteiger partial charge in [0.15, 0.2) is 0 Å². The molecule has 2 aromatic rings. The maximum atomic E-state index is 13.1. The lowest BCUT2D eigenvalue weighted by Crippen LogP contribution is -2.48. The Hall–Kier alpha value is -2.47. The zero-order valence-corrected chi connectivity index (χ0v) is 14.7. The van der Waals surface area contributed by atoms with Crippen LogP contribution in [0, 0.1) is 0 Å². The SMILES string of the molecule is CN(C)c1ccnc(CNC(=O)C2(c3ccccc3)CCOCC2)n1. The van der Waals surface area contributed by atoms with Crippen molar-refractivity contribution in [3.8, 4) is 0 Å². The fraction of sp³-hybridized carbons (Fsp3) is 0.421. The van der Waals surface area contributed by atoms with Crippen LogP contribution >= 0.6 is 0 Å². The highest BCUT2D eigenvalue weighted by atomic mass is 16.5. The van der Waals surface area contributed by atoms with Gasteiger partial charge in [-0.25, -0.2) is 9.97 Å². The molecule has 0 spiro atoms. The van der Waals surface area contributed by atoms with Gasteiger partial charge in [-0.1, -0.05) is 30.3 Å². The fourth-order valence-electron chi connectivity index (χ4n) is 3.17. The second kappa shape index (κ2) is 7.61.